The number of nitrogens with zero attached hydrogens (tertiary/aromatic N) is 3. The van der Waals surface area contributed by atoms with Gasteiger partial charge in [-0.25, -0.2) is 5.10 Å². The van der Waals surface area contributed by atoms with Crippen LogP contribution in [0.5, 0.6) is 0 Å². The SMILES string of the molecule is CN1C(=O)Cc2cc(-c3n[nH]c(=O)cc3C#N)ccc21. The van der Waals surface area contributed by atoms with Gasteiger partial charge in [0.05, 0.1) is 12.0 Å². The molecule has 0 atom stereocenters. The lowest BCUT2D eigenvalue weighted by Gasteiger charge is -2.10. The first-order valence-corrected chi connectivity index (χ1v) is 6.00. The van der Waals surface area contributed by atoms with Crippen molar-refractivity contribution in [3.63, 3.8) is 0 Å². The molecule has 98 valence electrons. The molecule has 6 nitrogen and oxygen atoms in total. The van der Waals surface area contributed by atoms with Gasteiger partial charge in [-0.1, -0.05) is 6.07 Å². The molecule has 1 N–H and O–H groups in total. The number of nitriles is 1. The van der Waals surface area contributed by atoms with Crippen LogP contribution in [0.2, 0.25) is 0 Å². The van der Waals surface area contributed by atoms with Crippen LogP contribution in [0.4, 0.5) is 5.69 Å². The Morgan fingerprint density at radius 1 is 1.35 bits per heavy atom. The molecule has 2 heterocycles. The van der Waals surface area contributed by atoms with Gasteiger partial charge in [0.15, 0.2) is 0 Å². The van der Waals surface area contributed by atoms with E-state index in [0.29, 0.717) is 17.7 Å². The van der Waals surface area contributed by atoms with Crippen molar-refractivity contribution in [1.29, 1.82) is 5.26 Å². The molecule has 1 aliphatic rings. The predicted octanol–water partition coefficient (Wildman–Crippen LogP) is 0.827. The minimum absolute atomic E-state index is 0.0343. The van der Waals surface area contributed by atoms with Gasteiger partial charge < -0.3 is 4.90 Å². The summed E-state index contributed by atoms with van der Waals surface area (Å²) >= 11 is 0. The van der Waals surface area contributed by atoms with E-state index in [0.717, 1.165) is 11.3 Å². The molecule has 20 heavy (non-hydrogen) atoms. The number of rotatable bonds is 1. The summed E-state index contributed by atoms with van der Waals surface area (Å²) in [6.07, 6.45) is 0.338. The fraction of sp³-hybridized carbons (Fsp3) is 0.143. The lowest BCUT2D eigenvalue weighted by molar-refractivity contribution is -0.117. The number of carbonyl (C=O) groups is 1. The average Bonchev–Trinajstić information content (AvgIpc) is 2.73. The average molecular weight is 266 g/mol. The van der Waals surface area contributed by atoms with Gasteiger partial charge in [0.2, 0.25) is 5.91 Å². The standard InChI is InChI=1S/C14H10N4O2/c1-18-11-3-2-8(4-9(11)6-13(18)20)14-10(7-15)5-12(19)16-17-14/h2-5H,6H2,1H3,(H,16,19). The van der Waals surface area contributed by atoms with Crippen molar-refractivity contribution >= 4 is 11.6 Å². The first-order chi connectivity index (χ1) is 9.60. The Morgan fingerprint density at radius 3 is 2.90 bits per heavy atom. The molecule has 1 aromatic heterocycles. The molecule has 6 heteroatoms. The summed E-state index contributed by atoms with van der Waals surface area (Å²) in [6.45, 7) is 0. The largest absolute Gasteiger partial charge is 0.315 e. The zero-order chi connectivity index (χ0) is 14.3. The topological polar surface area (TPSA) is 89.8 Å². The van der Waals surface area contributed by atoms with Crippen LogP contribution in [0.15, 0.2) is 29.1 Å². The van der Waals surface area contributed by atoms with E-state index in [9.17, 15) is 9.59 Å². The van der Waals surface area contributed by atoms with Crippen molar-refractivity contribution in [2.45, 2.75) is 6.42 Å². The highest BCUT2D eigenvalue weighted by Crippen LogP contribution is 2.31. The Kier molecular flexibility index (Phi) is 2.61. The Bertz CT molecular complexity index is 817. The Hall–Kier alpha value is -2.94. The molecular weight excluding hydrogens is 256 g/mol. The van der Waals surface area contributed by atoms with E-state index < -0.39 is 5.56 Å². The Labute approximate surface area is 114 Å². The monoisotopic (exact) mass is 266 g/mol. The highest BCUT2D eigenvalue weighted by atomic mass is 16.2. The number of hydrogen-bond donors (Lipinski definition) is 1. The maximum Gasteiger partial charge on any atom is 0.265 e. The summed E-state index contributed by atoms with van der Waals surface area (Å²) < 4.78 is 0. The molecule has 1 amide bonds. The number of carbonyl (C=O) groups excluding carboxylic acids is 1. The number of amides is 1. The van der Waals surface area contributed by atoms with Gasteiger partial charge in [0.25, 0.3) is 5.56 Å². The van der Waals surface area contributed by atoms with Crippen LogP contribution in [0.1, 0.15) is 11.1 Å². The fourth-order valence-corrected chi connectivity index (χ4v) is 2.33. The van der Waals surface area contributed by atoms with Crippen molar-refractivity contribution in [2.24, 2.45) is 0 Å². The Balaban J connectivity index is 2.14. The molecule has 1 aromatic carbocycles. The van der Waals surface area contributed by atoms with Crippen molar-refractivity contribution < 1.29 is 4.79 Å². The number of hydrogen-bond acceptors (Lipinski definition) is 4. The van der Waals surface area contributed by atoms with E-state index in [1.54, 1.807) is 18.0 Å². The number of fused-ring (bicyclic) bond motifs is 1. The van der Waals surface area contributed by atoms with Crippen LogP contribution in [0, 0.1) is 11.3 Å². The van der Waals surface area contributed by atoms with E-state index in [1.165, 1.54) is 6.07 Å². The first-order valence-electron chi connectivity index (χ1n) is 6.00. The summed E-state index contributed by atoms with van der Waals surface area (Å²) in [5.41, 5.74) is 2.68. The van der Waals surface area contributed by atoms with E-state index >= 15 is 0 Å². The maximum absolute atomic E-state index is 11.7. The van der Waals surface area contributed by atoms with E-state index in [4.69, 9.17) is 5.26 Å². The third kappa shape index (κ3) is 1.77. The van der Waals surface area contributed by atoms with Gasteiger partial charge in [0.1, 0.15) is 11.8 Å². The quantitative estimate of drug-likeness (QED) is 0.827. The lowest BCUT2D eigenvalue weighted by Crippen LogP contribution is -2.20. The molecule has 0 saturated carbocycles. The van der Waals surface area contributed by atoms with Crippen molar-refractivity contribution in [1.82, 2.24) is 10.2 Å². The molecular formula is C14H10N4O2. The van der Waals surface area contributed by atoms with Crippen molar-refractivity contribution in [3.8, 4) is 17.3 Å². The molecule has 0 unspecified atom stereocenters. The minimum atomic E-state index is -0.415. The van der Waals surface area contributed by atoms with Crippen LogP contribution in [-0.4, -0.2) is 23.2 Å². The highest BCUT2D eigenvalue weighted by molar-refractivity contribution is 6.01. The zero-order valence-electron chi connectivity index (χ0n) is 10.7. The normalized spacial score (nSPS) is 13.2. The summed E-state index contributed by atoms with van der Waals surface area (Å²) in [7, 11) is 1.73. The number of benzene rings is 1. The number of H-pyrrole nitrogens is 1. The fourth-order valence-electron chi connectivity index (χ4n) is 2.33. The summed E-state index contributed by atoms with van der Waals surface area (Å²) in [4.78, 5) is 24.4. The van der Waals surface area contributed by atoms with Gasteiger partial charge >= 0.3 is 0 Å². The van der Waals surface area contributed by atoms with Gasteiger partial charge in [-0.3, -0.25) is 9.59 Å². The lowest BCUT2D eigenvalue weighted by atomic mass is 10.0. The van der Waals surface area contributed by atoms with Gasteiger partial charge in [0, 0.05) is 24.4 Å². The summed E-state index contributed by atoms with van der Waals surface area (Å²) in [5, 5.41) is 15.3. The molecule has 0 radical (unpaired) electrons. The third-order valence-corrected chi connectivity index (χ3v) is 3.36. The van der Waals surface area contributed by atoms with Crippen LogP contribution < -0.4 is 10.5 Å². The second kappa shape index (κ2) is 4.31. The molecule has 0 aliphatic carbocycles. The smallest absolute Gasteiger partial charge is 0.265 e. The summed E-state index contributed by atoms with van der Waals surface area (Å²) in [5.74, 6) is 0.0343. The molecule has 0 saturated heterocycles. The van der Waals surface area contributed by atoms with E-state index in [-0.39, 0.29) is 11.5 Å². The Morgan fingerprint density at radius 2 is 2.15 bits per heavy atom. The number of aromatic nitrogens is 2. The molecule has 0 fully saturated rings. The zero-order valence-corrected chi connectivity index (χ0v) is 10.7. The van der Waals surface area contributed by atoms with Gasteiger partial charge in [-0.15, -0.1) is 0 Å². The predicted molar refractivity (Wildman–Crippen MR) is 72.1 cm³/mol. The molecule has 0 spiro atoms. The second-order valence-corrected chi connectivity index (χ2v) is 4.58. The molecule has 3 rings (SSSR count). The van der Waals surface area contributed by atoms with Crippen LogP contribution in [0.3, 0.4) is 0 Å². The van der Waals surface area contributed by atoms with Gasteiger partial charge in [-0.05, 0) is 17.7 Å². The molecule has 0 bridgehead atoms. The minimum Gasteiger partial charge on any atom is -0.315 e. The number of aromatic amines is 1. The van der Waals surface area contributed by atoms with Crippen molar-refractivity contribution in [3.05, 3.63) is 45.7 Å². The van der Waals surface area contributed by atoms with Crippen LogP contribution in [0.25, 0.3) is 11.3 Å². The number of likely N-dealkylation sites (N-methyl/N-ethyl adjacent to an activating group) is 1. The number of nitrogens with one attached hydrogen (secondary N) is 1. The van der Waals surface area contributed by atoms with E-state index in [1.807, 2.05) is 18.2 Å². The maximum atomic E-state index is 11.7. The van der Waals surface area contributed by atoms with Gasteiger partial charge in [-0.2, -0.15) is 10.4 Å². The van der Waals surface area contributed by atoms with E-state index in [2.05, 4.69) is 10.2 Å². The van der Waals surface area contributed by atoms with Crippen LogP contribution >= 0.6 is 0 Å². The van der Waals surface area contributed by atoms with Crippen LogP contribution in [-0.2, 0) is 11.2 Å². The highest BCUT2D eigenvalue weighted by Gasteiger charge is 2.24. The first kappa shape index (κ1) is 12.1. The molecule has 1 aliphatic heterocycles. The van der Waals surface area contributed by atoms with Crippen molar-refractivity contribution in [2.75, 3.05) is 11.9 Å². The molecule has 2 aromatic rings. The third-order valence-electron chi connectivity index (χ3n) is 3.36. The second-order valence-electron chi connectivity index (χ2n) is 4.58. The summed E-state index contributed by atoms with van der Waals surface area (Å²) in [6, 6.07) is 8.62. The number of anilines is 1.